The second-order valence-electron chi connectivity index (χ2n) is 5.42. The summed E-state index contributed by atoms with van der Waals surface area (Å²) in [6.07, 6.45) is 0.906. The molecule has 25 heavy (non-hydrogen) atoms. The standard InChI is InChI=1S/C19H21NO4S/c1-2-9-24-17-8-4-6-15(11-17)19(23)20-16-7-3-5-14(10-16)12-25-13-18(21)22/h3-8,10-11H,2,9,12-13H2,1H3,(H,20,23)(H,21,22). The van der Waals surface area contributed by atoms with Crippen molar-refractivity contribution >= 4 is 29.3 Å². The number of anilines is 1. The number of nitrogens with one attached hydrogen (secondary N) is 1. The largest absolute Gasteiger partial charge is 0.494 e. The van der Waals surface area contributed by atoms with E-state index in [0.29, 0.717) is 29.4 Å². The summed E-state index contributed by atoms with van der Waals surface area (Å²) < 4.78 is 5.55. The van der Waals surface area contributed by atoms with Crippen molar-refractivity contribution in [1.29, 1.82) is 0 Å². The zero-order valence-corrected chi connectivity index (χ0v) is 14.8. The average molecular weight is 359 g/mol. The highest BCUT2D eigenvalue weighted by molar-refractivity contribution is 7.99. The molecule has 5 nitrogen and oxygen atoms in total. The number of carbonyl (C=O) groups excluding carboxylic acids is 1. The number of hydrogen-bond acceptors (Lipinski definition) is 4. The van der Waals surface area contributed by atoms with Gasteiger partial charge in [-0.25, -0.2) is 0 Å². The van der Waals surface area contributed by atoms with E-state index in [0.717, 1.165) is 12.0 Å². The van der Waals surface area contributed by atoms with E-state index in [9.17, 15) is 9.59 Å². The van der Waals surface area contributed by atoms with Crippen molar-refractivity contribution in [1.82, 2.24) is 0 Å². The predicted molar refractivity (Wildman–Crippen MR) is 100 cm³/mol. The van der Waals surface area contributed by atoms with Gasteiger partial charge in [-0.1, -0.05) is 25.1 Å². The molecule has 2 aromatic rings. The molecule has 0 unspecified atom stereocenters. The fraction of sp³-hybridized carbons (Fsp3) is 0.263. The number of carbonyl (C=O) groups is 2. The second-order valence-corrected chi connectivity index (χ2v) is 6.40. The Morgan fingerprint density at radius 3 is 2.72 bits per heavy atom. The lowest BCUT2D eigenvalue weighted by molar-refractivity contribution is -0.133. The van der Waals surface area contributed by atoms with Crippen molar-refractivity contribution in [3.63, 3.8) is 0 Å². The molecular weight excluding hydrogens is 338 g/mol. The molecule has 132 valence electrons. The van der Waals surface area contributed by atoms with E-state index in [1.165, 1.54) is 11.8 Å². The number of benzene rings is 2. The van der Waals surface area contributed by atoms with Gasteiger partial charge in [-0.05, 0) is 42.3 Å². The lowest BCUT2D eigenvalue weighted by Gasteiger charge is -2.09. The smallest absolute Gasteiger partial charge is 0.313 e. The molecule has 0 heterocycles. The minimum Gasteiger partial charge on any atom is -0.494 e. The third-order valence-electron chi connectivity index (χ3n) is 3.25. The van der Waals surface area contributed by atoms with Crippen LogP contribution >= 0.6 is 11.8 Å². The maximum absolute atomic E-state index is 12.4. The van der Waals surface area contributed by atoms with Crippen molar-refractivity contribution in [3.8, 4) is 5.75 Å². The molecule has 1 amide bonds. The van der Waals surface area contributed by atoms with Crippen LogP contribution in [0.15, 0.2) is 48.5 Å². The van der Waals surface area contributed by atoms with Crippen LogP contribution in [0.25, 0.3) is 0 Å². The van der Waals surface area contributed by atoms with Crippen LogP contribution in [0.3, 0.4) is 0 Å². The summed E-state index contributed by atoms with van der Waals surface area (Å²) in [6.45, 7) is 2.64. The van der Waals surface area contributed by atoms with E-state index in [-0.39, 0.29) is 11.7 Å². The average Bonchev–Trinajstić information content (AvgIpc) is 2.60. The Labute approximate surface area is 151 Å². The van der Waals surface area contributed by atoms with Gasteiger partial charge in [0.25, 0.3) is 5.91 Å². The topological polar surface area (TPSA) is 75.6 Å². The first kappa shape index (κ1) is 18.9. The fourth-order valence-corrected chi connectivity index (χ4v) is 2.84. The molecule has 0 atom stereocenters. The Bertz CT molecular complexity index is 733. The minimum atomic E-state index is -0.834. The Morgan fingerprint density at radius 1 is 1.16 bits per heavy atom. The number of carboxylic acid groups (broad SMARTS) is 1. The quantitative estimate of drug-likeness (QED) is 0.706. The maximum Gasteiger partial charge on any atom is 0.313 e. The third-order valence-corrected chi connectivity index (χ3v) is 4.24. The first-order valence-electron chi connectivity index (χ1n) is 8.01. The molecule has 0 aliphatic rings. The van der Waals surface area contributed by atoms with Crippen LogP contribution in [0.5, 0.6) is 5.75 Å². The zero-order chi connectivity index (χ0) is 18.1. The van der Waals surface area contributed by atoms with Crippen LogP contribution in [-0.4, -0.2) is 29.3 Å². The van der Waals surface area contributed by atoms with Crippen molar-refractivity contribution < 1.29 is 19.4 Å². The van der Waals surface area contributed by atoms with Gasteiger partial charge in [-0.3, -0.25) is 9.59 Å². The Kier molecular flexibility index (Phi) is 7.35. The van der Waals surface area contributed by atoms with Crippen LogP contribution in [0, 0.1) is 0 Å². The Hall–Kier alpha value is -2.47. The molecule has 2 N–H and O–H groups in total. The van der Waals surface area contributed by atoms with Crippen LogP contribution in [0.4, 0.5) is 5.69 Å². The minimum absolute atomic E-state index is 0.0567. The molecule has 6 heteroatoms. The summed E-state index contributed by atoms with van der Waals surface area (Å²) in [7, 11) is 0. The van der Waals surface area contributed by atoms with Crippen molar-refractivity contribution in [2.75, 3.05) is 17.7 Å². The summed E-state index contributed by atoms with van der Waals surface area (Å²) in [5, 5.41) is 11.5. The van der Waals surface area contributed by atoms with Gasteiger partial charge in [-0.15, -0.1) is 11.8 Å². The van der Waals surface area contributed by atoms with Gasteiger partial charge in [0.15, 0.2) is 0 Å². The number of amides is 1. The van der Waals surface area contributed by atoms with Crippen molar-refractivity contribution in [2.24, 2.45) is 0 Å². The summed E-state index contributed by atoms with van der Waals surface area (Å²) in [5.41, 5.74) is 2.17. The van der Waals surface area contributed by atoms with E-state index in [2.05, 4.69) is 5.32 Å². The molecule has 0 spiro atoms. The maximum atomic E-state index is 12.4. The number of aliphatic carboxylic acids is 1. The van der Waals surface area contributed by atoms with Gasteiger partial charge in [0.1, 0.15) is 5.75 Å². The molecule has 0 aromatic heterocycles. The molecule has 2 aromatic carbocycles. The summed E-state index contributed by atoms with van der Waals surface area (Å²) >= 11 is 1.32. The van der Waals surface area contributed by atoms with Gasteiger partial charge < -0.3 is 15.2 Å². The van der Waals surface area contributed by atoms with Crippen molar-refractivity contribution in [2.45, 2.75) is 19.1 Å². The van der Waals surface area contributed by atoms with E-state index in [4.69, 9.17) is 9.84 Å². The molecule has 0 saturated heterocycles. The monoisotopic (exact) mass is 359 g/mol. The normalized spacial score (nSPS) is 10.3. The van der Waals surface area contributed by atoms with Gasteiger partial charge in [-0.2, -0.15) is 0 Å². The second kappa shape index (κ2) is 9.74. The summed E-state index contributed by atoms with van der Waals surface area (Å²) in [4.78, 5) is 23.0. The molecular formula is C19H21NO4S. The molecule has 0 saturated carbocycles. The van der Waals surface area contributed by atoms with Gasteiger partial charge in [0, 0.05) is 17.0 Å². The lowest BCUT2D eigenvalue weighted by atomic mass is 10.2. The fourth-order valence-electron chi connectivity index (χ4n) is 2.15. The highest BCUT2D eigenvalue weighted by atomic mass is 32.2. The predicted octanol–water partition coefficient (Wildman–Crippen LogP) is 4.05. The van der Waals surface area contributed by atoms with Crippen molar-refractivity contribution in [3.05, 3.63) is 59.7 Å². The van der Waals surface area contributed by atoms with Crippen LogP contribution in [0.2, 0.25) is 0 Å². The number of ether oxygens (including phenoxy) is 1. The van der Waals surface area contributed by atoms with Crippen LogP contribution in [0.1, 0.15) is 29.3 Å². The van der Waals surface area contributed by atoms with Gasteiger partial charge in [0.05, 0.1) is 12.4 Å². The number of hydrogen-bond donors (Lipinski definition) is 2. The summed E-state index contributed by atoms with van der Waals surface area (Å²) in [6, 6.07) is 14.5. The lowest BCUT2D eigenvalue weighted by Crippen LogP contribution is -2.12. The molecule has 0 radical (unpaired) electrons. The first-order valence-corrected chi connectivity index (χ1v) is 9.16. The SMILES string of the molecule is CCCOc1cccc(C(=O)Nc2cccc(CSCC(=O)O)c2)c1. The van der Waals surface area contributed by atoms with E-state index < -0.39 is 5.97 Å². The number of carboxylic acids is 1. The van der Waals surface area contributed by atoms with E-state index in [1.807, 2.05) is 31.2 Å². The number of thioether (sulfide) groups is 1. The highest BCUT2D eigenvalue weighted by Gasteiger charge is 2.08. The number of rotatable bonds is 9. The van der Waals surface area contributed by atoms with Gasteiger partial charge >= 0.3 is 5.97 Å². The Balaban J connectivity index is 1.99. The van der Waals surface area contributed by atoms with Crippen LogP contribution in [-0.2, 0) is 10.5 Å². The molecule has 0 fully saturated rings. The van der Waals surface area contributed by atoms with E-state index >= 15 is 0 Å². The summed E-state index contributed by atoms with van der Waals surface area (Å²) in [5.74, 6) is 0.266. The molecule has 2 rings (SSSR count). The van der Waals surface area contributed by atoms with Gasteiger partial charge in [0.2, 0.25) is 0 Å². The van der Waals surface area contributed by atoms with Crippen LogP contribution < -0.4 is 10.1 Å². The van der Waals surface area contributed by atoms with E-state index in [1.54, 1.807) is 24.3 Å². The third kappa shape index (κ3) is 6.51. The molecule has 0 aliphatic heterocycles. The first-order chi connectivity index (χ1) is 12.1. The molecule has 0 aliphatic carbocycles. The zero-order valence-electron chi connectivity index (χ0n) is 14.0. The molecule has 0 bridgehead atoms. The Morgan fingerprint density at radius 2 is 1.96 bits per heavy atom. The highest BCUT2D eigenvalue weighted by Crippen LogP contribution is 2.19.